The van der Waals surface area contributed by atoms with Gasteiger partial charge in [0.1, 0.15) is 17.5 Å². The lowest BCUT2D eigenvalue weighted by atomic mass is 9.83. The van der Waals surface area contributed by atoms with Gasteiger partial charge in [0.15, 0.2) is 0 Å². The fourth-order valence-corrected chi connectivity index (χ4v) is 9.02. The van der Waals surface area contributed by atoms with Gasteiger partial charge < -0.3 is 15.0 Å². The van der Waals surface area contributed by atoms with Crippen LogP contribution in [0.15, 0.2) is 101 Å². The highest BCUT2D eigenvalue weighted by Crippen LogP contribution is 2.54. The van der Waals surface area contributed by atoms with Crippen LogP contribution in [0.1, 0.15) is 16.4 Å². The van der Waals surface area contributed by atoms with E-state index in [1.165, 1.54) is 21.2 Å². The first-order chi connectivity index (χ1) is 22.2. The van der Waals surface area contributed by atoms with Crippen molar-refractivity contribution in [1.82, 2.24) is 4.57 Å². The number of hydrogen-bond donors (Lipinski definition) is 1. The van der Waals surface area contributed by atoms with Crippen molar-refractivity contribution in [2.24, 2.45) is 5.92 Å². The number of carbonyl (C=O) groups is 3. The predicted octanol–water partition coefficient (Wildman–Crippen LogP) is 5.57. The highest BCUT2D eigenvalue weighted by atomic mass is 32.2. The minimum atomic E-state index is -0.776. The Balaban J connectivity index is 1.27. The molecular formula is C35H30N4O5S2. The number of carbonyl (C=O) groups excluding carboxylic acids is 3. The lowest BCUT2D eigenvalue weighted by molar-refractivity contribution is -0.122. The maximum Gasteiger partial charge on any atom is 0.308 e. The van der Waals surface area contributed by atoms with Crippen molar-refractivity contribution in [3.05, 3.63) is 111 Å². The molecule has 0 radical (unpaired) electrons. The Morgan fingerprint density at radius 1 is 0.891 bits per heavy atom. The van der Waals surface area contributed by atoms with Gasteiger partial charge in [-0.3, -0.25) is 23.7 Å². The standard InChI is InChI=1S/C35H30N4O5S2/c1-37(2)22-13-11-21(12-14-22)28-29-30(33(42)39(32(29)41)23-15-17-24(44-3)18-16-23)45-34-31(28)46-35(43)38(34)19-27(40)36-26-10-6-8-20-7-4-5-9-25(20)26/h4-18,28-30H,19H2,1-3H3,(H,36,40)/t28-,29-,30+/m0/s1. The molecule has 4 aromatic carbocycles. The van der Waals surface area contributed by atoms with E-state index in [2.05, 4.69) is 5.32 Å². The number of thioether (sulfide) groups is 1. The Morgan fingerprint density at radius 3 is 2.33 bits per heavy atom. The molecule has 11 heteroatoms. The monoisotopic (exact) mass is 650 g/mol. The summed E-state index contributed by atoms with van der Waals surface area (Å²) in [5.41, 5.74) is 2.92. The zero-order valence-corrected chi connectivity index (χ0v) is 26.9. The Labute approximate surface area is 273 Å². The van der Waals surface area contributed by atoms with E-state index in [-0.39, 0.29) is 29.1 Å². The maximum atomic E-state index is 14.2. The molecule has 1 saturated heterocycles. The summed E-state index contributed by atoms with van der Waals surface area (Å²) in [6.07, 6.45) is 0. The van der Waals surface area contributed by atoms with E-state index in [4.69, 9.17) is 4.74 Å². The normalized spacial score (nSPS) is 18.8. The number of anilines is 3. The first-order valence-corrected chi connectivity index (χ1v) is 16.4. The number of benzene rings is 4. The van der Waals surface area contributed by atoms with E-state index in [1.807, 2.05) is 85.7 Å². The molecule has 3 heterocycles. The minimum absolute atomic E-state index is 0.227. The van der Waals surface area contributed by atoms with Gasteiger partial charge in [-0.15, -0.1) is 0 Å². The molecule has 1 fully saturated rings. The van der Waals surface area contributed by atoms with Crippen molar-refractivity contribution < 1.29 is 19.1 Å². The minimum Gasteiger partial charge on any atom is -0.497 e. The van der Waals surface area contributed by atoms with Gasteiger partial charge in [0.2, 0.25) is 17.7 Å². The van der Waals surface area contributed by atoms with E-state index < -0.39 is 17.1 Å². The Hall–Kier alpha value is -4.87. The van der Waals surface area contributed by atoms with Gasteiger partial charge in [0.25, 0.3) is 0 Å². The highest BCUT2D eigenvalue weighted by molar-refractivity contribution is 8.00. The lowest BCUT2D eigenvalue weighted by Crippen LogP contribution is -2.33. The smallest absolute Gasteiger partial charge is 0.308 e. The van der Waals surface area contributed by atoms with Crippen LogP contribution in [0.25, 0.3) is 10.8 Å². The van der Waals surface area contributed by atoms with Crippen molar-refractivity contribution in [2.75, 3.05) is 36.3 Å². The summed E-state index contributed by atoms with van der Waals surface area (Å²) in [5, 5.41) is 4.62. The molecular weight excluding hydrogens is 621 g/mol. The third-order valence-electron chi connectivity index (χ3n) is 8.51. The number of nitrogens with zero attached hydrogens (tertiary/aromatic N) is 3. The van der Waals surface area contributed by atoms with Gasteiger partial charge >= 0.3 is 4.87 Å². The van der Waals surface area contributed by atoms with E-state index in [0.717, 1.165) is 33.4 Å². The van der Waals surface area contributed by atoms with Crippen LogP contribution in [0.3, 0.4) is 0 Å². The molecule has 232 valence electrons. The molecule has 7 rings (SSSR count). The van der Waals surface area contributed by atoms with E-state index in [1.54, 1.807) is 31.4 Å². The van der Waals surface area contributed by atoms with Gasteiger partial charge in [0, 0.05) is 41.7 Å². The molecule has 1 aromatic heterocycles. The van der Waals surface area contributed by atoms with Gasteiger partial charge in [-0.1, -0.05) is 71.6 Å². The number of rotatable bonds is 7. The maximum absolute atomic E-state index is 14.2. The molecule has 0 spiro atoms. The third-order valence-corrected chi connectivity index (χ3v) is 11.1. The van der Waals surface area contributed by atoms with Crippen LogP contribution in [-0.4, -0.2) is 48.7 Å². The summed E-state index contributed by atoms with van der Waals surface area (Å²) in [6.45, 7) is -0.227. The molecule has 2 aliphatic heterocycles. The second-order valence-electron chi connectivity index (χ2n) is 11.4. The average Bonchev–Trinajstić information content (AvgIpc) is 3.51. The van der Waals surface area contributed by atoms with E-state index >= 15 is 0 Å². The summed E-state index contributed by atoms with van der Waals surface area (Å²) in [4.78, 5) is 58.8. The molecule has 5 aromatic rings. The van der Waals surface area contributed by atoms with Crippen LogP contribution in [0.4, 0.5) is 17.1 Å². The van der Waals surface area contributed by atoms with Crippen molar-refractivity contribution in [3.8, 4) is 5.75 Å². The van der Waals surface area contributed by atoms with Crippen molar-refractivity contribution >= 4 is 68.7 Å². The predicted molar refractivity (Wildman–Crippen MR) is 182 cm³/mol. The highest BCUT2D eigenvalue weighted by Gasteiger charge is 2.56. The molecule has 0 saturated carbocycles. The molecule has 9 nitrogen and oxygen atoms in total. The van der Waals surface area contributed by atoms with Gasteiger partial charge in [-0.2, -0.15) is 0 Å². The number of thiazole rings is 1. The second kappa shape index (κ2) is 11.8. The number of methoxy groups -OCH3 is 1. The van der Waals surface area contributed by atoms with Crippen LogP contribution >= 0.6 is 23.1 Å². The van der Waals surface area contributed by atoms with Crippen molar-refractivity contribution in [1.29, 1.82) is 0 Å². The zero-order valence-electron chi connectivity index (χ0n) is 25.3. The molecule has 0 unspecified atom stereocenters. The molecule has 46 heavy (non-hydrogen) atoms. The largest absolute Gasteiger partial charge is 0.497 e. The topological polar surface area (TPSA) is 101 Å². The fraction of sp³-hybridized carbons (Fsp3) is 0.200. The SMILES string of the molecule is COc1ccc(N2C(=O)[C@H]3[C@H](c4ccc(N(C)C)cc4)c4sc(=O)n(CC(=O)Nc5cccc6ccccc56)c4S[C@H]3C2=O)cc1. The molecule has 1 N–H and O–H groups in total. The molecule has 3 amide bonds. The summed E-state index contributed by atoms with van der Waals surface area (Å²) in [7, 11) is 5.45. The summed E-state index contributed by atoms with van der Waals surface area (Å²) >= 11 is 2.23. The van der Waals surface area contributed by atoms with Crippen LogP contribution in [0.2, 0.25) is 0 Å². The summed E-state index contributed by atoms with van der Waals surface area (Å²) in [5.74, 6) is -1.69. The van der Waals surface area contributed by atoms with Gasteiger partial charge in [-0.25, -0.2) is 4.90 Å². The Morgan fingerprint density at radius 2 is 1.61 bits per heavy atom. The zero-order chi connectivity index (χ0) is 32.1. The lowest BCUT2D eigenvalue weighted by Gasteiger charge is -2.31. The van der Waals surface area contributed by atoms with Crippen LogP contribution < -0.4 is 24.7 Å². The molecule has 3 atom stereocenters. The number of hydrogen-bond acceptors (Lipinski definition) is 8. The number of imide groups is 1. The quantitative estimate of drug-likeness (QED) is 0.230. The first-order valence-electron chi connectivity index (χ1n) is 14.7. The van der Waals surface area contributed by atoms with Crippen molar-refractivity contribution in [2.45, 2.75) is 22.7 Å². The number of aromatic nitrogens is 1. The van der Waals surface area contributed by atoms with Gasteiger partial charge in [0.05, 0.1) is 23.7 Å². The molecule has 0 aliphatic carbocycles. The first kappa shape index (κ1) is 29.8. The van der Waals surface area contributed by atoms with Crippen LogP contribution in [0, 0.1) is 5.92 Å². The fourth-order valence-electron chi connectivity index (χ4n) is 6.25. The third kappa shape index (κ3) is 5.05. The van der Waals surface area contributed by atoms with Crippen molar-refractivity contribution in [3.63, 3.8) is 0 Å². The molecule has 0 bridgehead atoms. The number of amides is 3. The Bertz CT molecular complexity index is 2050. The Kier molecular flexibility index (Phi) is 7.66. The van der Waals surface area contributed by atoms with Crippen LogP contribution in [0.5, 0.6) is 5.75 Å². The number of nitrogens with one attached hydrogen (secondary N) is 1. The second-order valence-corrected chi connectivity index (χ2v) is 13.6. The summed E-state index contributed by atoms with van der Waals surface area (Å²) in [6, 6.07) is 28.1. The summed E-state index contributed by atoms with van der Waals surface area (Å²) < 4.78 is 6.71. The van der Waals surface area contributed by atoms with Gasteiger partial charge in [-0.05, 0) is 53.4 Å². The molecule has 2 aliphatic rings. The van der Waals surface area contributed by atoms with E-state index in [0.29, 0.717) is 27.0 Å². The van der Waals surface area contributed by atoms with E-state index in [9.17, 15) is 19.2 Å². The van der Waals surface area contributed by atoms with Crippen LogP contribution in [-0.2, 0) is 20.9 Å². The number of fused-ring (bicyclic) bond motifs is 3. The number of ether oxygens (including phenoxy) is 1. The average molecular weight is 651 g/mol.